The van der Waals surface area contributed by atoms with Gasteiger partial charge in [-0.2, -0.15) is 0 Å². The van der Waals surface area contributed by atoms with Crippen molar-refractivity contribution in [1.29, 1.82) is 0 Å². The van der Waals surface area contributed by atoms with Crippen LogP contribution < -0.4 is 4.90 Å². The number of esters is 1. The van der Waals surface area contributed by atoms with E-state index in [-0.39, 0.29) is 5.91 Å². The van der Waals surface area contributed by atoms with Gasteiger partial charge in [0.15, 0.2) is 0 Å². The van der Waals surface area contributed by atoms with Crippen molar-refractivity contribution in [3.05, 3.63) is 70.9 Å². The standard InChI is InChI=1S/C22H17ClN2O4/c1-29-22(28)19-17-16(18-13-7-3-2-6-12(13)10-11-24(18)19)20(26)25(21(17)27)15-9-5-4-8-14(15)23/h2-11,16-19H,1H3/t16-,17+,18+,19+/m0/s1. The predicted octanol–water partition coefficient (Wildman–Crippen LogP) is 3.03. The highest BCUT2D eigenvalue weighted by molar-refractivity contribution is 6.36. The number of halogens is 1. The van der Waals surface area contributed by atoms with E-state index in [9.17, 15) is 14.4 Å². The van der Waals surface area contributed by atoms with Gasteiger partial charge in [0.05, 0.1) is 35.7 Å². The van der Waals surface area contributed by atoms with Crippen LogP contribution in [0.15, 0.2) is 54.7 Å². The second-order valence-corrected chi connectivity index (χ2v) is 7.73. The quantitative estimate of drug-likeness (QED) is 0.564. The fourth-order valence-electron chi connectivity index (χ4n) is 4.82. The maximum atomic E-state index is 13.5. The van der Waals surface area contributed by atoms with Crippen molar-refractivity contribution >= 4 is 41.1 Å². The molecule has 29 heavy (non-hydrogen) atoms. The summed E-state index contributed by atoms with van der Waals surface area (Å²) < 4.78 is 5.00. The molecule has 0 saturated carbocycles. The number of carbonyl (C=O) groups is 3. The first-order chi connectivity index (χ1) is 14.0. The summed E-state index contributed by atoms with van der Waals surface area (Å²) >= 11 is 6.28. The SMILES string of the molecule is COC(=O)[C@H]1[C@@H]2C(=O)N(c3ccccc3Cl)C(=O)[C@@H]2[C@H]2c3ccccc3C=CN21. The molecule has 2 amide bonds. The van der Waals surface area contributed by atoms with Crippen molar-refractivity contribution in [3.8, 4) is 0 Å². The Morgan fingerprint density at radius 3 is 2.45 bits per heavy atom. The minimum absolute atomic E-state index is 0.310. The lowest BCUT2D eigenvalue weighted by Crippen LogP contribution is -2.44. The molecule has 146 valence electrons. The Balaban J connectivity index is 1.67. The summed E-state index contributed by atoms with van der Waals surface area (Å²) in [6.45, 7) is 0. The summed E-state index contributed by atoms with van der Waals surface area (Å²) in [5.41, 5.74) is 2.22. The Hall–Kier alpha value is -3.12. The van der Waals surface area contributed by atoms with Crippen molar-refractivity contribution in [3.63, 3.8) is 0 Å². The van der Waals surface area contributed by atoms with Crippen LogP contribution in [0, 0.1) is 11.8 Å². The zero-order chi connectivity index (χ0) is 20.3. The Labute approximate surface area is 172 Å². The number of methoxy groups -OCH3 is 1. The van der Waals surface area contributed by atoms with E-state index in [1.807, 2.05) is 30.3 Å². The summed E-state index contributed by atoms with van der Waals surface area (Å²) in [6, 6.07) is 13.1. The normalized spacial score (nSPS) is 27.0. The first-order valence-electron chi connectivity index (χ1n) is 9.29. The number of ether oxygens (including phenoxy) is 1. The minimum atomic E-state index is -0.872. The number of hydrogen-bond donors (Lipinski definition) is 0. The summed E-state index contributed by atoms with van der Waals surface area (Å²) in [5.74, 6) is -2.85. The van der Waals surface area contributed by atoms with E-state index in [0.29, 0.717) is 10.7 Å². The molecule has 0 bridgehead atoms. The van der Waals surface area contributed by atoms with Gasteiger partial charge in [0.1, 0.15) is 6.04 Å². The maximum Gasteiger partial charge on any atom is 0.329 e. The Morgan fingerprint density at radius 1 is 1.00 bits per heavy atom. The zero-order valence-electron chi connectivity index (χ0n) is 15.5. The second kappa shape index (κ2) is 6.46. The van der Waals surface area contributed by atoms with Gasteiger partial charge in [0, 0.05) is 6.20 Å². The van der Waals surface area contributed by atoms with Crippen LogP contribution in [0.1, 0.15) is 17.2 Å². The van der Waals surface area contributed by atoms with Gasteiger partial charge < -0.3 is 9.64 Å². The monoisotopic (exact) mass is 408 g/mol. The Morgan fingerprint density at radius 2 is 1.69 bits per heavy atom. The molecule has 2 aromatic carbocycles. The third-order valence-corrected chi connectivity index (χ3v) is 6.32. The van der Waals surface area contributed by atoms with Gasteiger partial charge in [0.2, 0.25) is 11.8 Å². The lowest BCUT2D eigenvalue weighted by atomic mass is 9.84. The first-order valence-corrected chi connectivity index (χ1v) is 9.67. The molecule has 3 aliphatic heterocycles. The molecule has 0 aromatic heterocycles. The van der Waals surface area contributed by atoms with Crippen LogP contribution in [0.5, 0.6) is 0 Å². The number of hydrogen-bond acceptors (Lipinski definition) is 5. The van der Waals surface area contributed by atoms with Crippen molar-refractivity contribution in [1.82, 2.24) is 4.90 Å². The molecular formula is C22H17ClN2O4. The molecule has 4 atom stereocenters. The Bertz CT molecular complexity index is 1080. The number of fused-ring (bicyclic) bond motifs is 5. The molecule has 0 radical (unpaired) electrons. The highest BCUT2D eigenvalue weighted by atomic mass is 35.5. The number of para-hydroxylation sites is 1. The van der Waals surface area contributed by atoms with E-state index < -0.39 is 35.8 Å². The summed E-state index contributed by atoms with van der Waals surface area (Å²) in [4.78, 5) is 42.5. The number of rotatable bonds is 2. The number of benzene rings is 2. The molecule has 0 spiro atoms. The third kappa shape index (κ3) is 2.39. The molecule has 0 N–H and O–H groups in total. The van der Waals surface area contributed by atoms with Gasteiger partial charge in [0.25, 0.3) is 0 Å². The van der Waals surface area contributed by atoms with Crippen LogP contribution in [0.4, 0.5) is 5.69 Å². The summed E-state index contributed by atoms with van der Waals surface area (Å²) in [6.07, 6.45) is 3.68. The van der Waals surface area contributed by atoms with Gasteiger partial charge in [-0.3, -0.25) is 9.59 Å². The van der Waals surface area contributed by atoms with Crippen LogP contribution >= 0.6 is 11.6 Å². The number of amides is 2. The van der Waals surface area contributed by atoms with Gasteiger partial charge in [-0.1, -0.05) is 48.0 Å². The van der Waals surface area contributed by atoms with E-state index in [1.165, 1.54) is 7.11 Å². The summed E-state index contributed by atoms with van der Waals surface area (Å²) in [5, 5.41) is 0.310. The fraction of sp³-hybridized carbons (Fsp3) is 0.227. The van der Waals surface area contributed by atoms with Gasteiger partial charge in [-0.15, -0.1) is 0 Å². The highest BCUT2D eigenvalue weighted by Crippen LogP contribution is 2.53. The van der Waals surface area contributed by atoms with E-state index in [4.69, 9.17) is 16.3 Å². The lowest BCUT2D eigenvalue weighted by molar-refractivity contribution is -0.148. The van der Waals surface area contributed by atoms with Gasteiger partial charge in [-0.25, -0.2) is 9.69 Å². The van der Waals surface area contributed by atoms with Crippen LogP contribution in [0.2, 0.25) is 5.02 Å². The van der Waals surface area contributed by atoms with E-state index in [0.717, 1.165) is 16.0 Å². The number of imide groups is 1. The van der Waals surface area contributed by atoms with Gasteiger partial charge in [-0.05, 0) is 29.3 Å². The number of nitrogens with zero attached hydrogens (tertiary/aromatic N) is 2. The molecule has 7 heteroatoms. The number of carbonyl (C=O) groups excluding carboxylic acids is 3. The van der Waals surface area contributed by atoms with Crippen molar-refractivity contribution < 1.29 is 19.1 Å². The fourth-order valence-corrected chi connectivity index (χ4v) is 5.04. The molecule has 0 unspecified atom stereocenters. The maximum absolute atomic E-state index is 13.5. The largest absolute Gasteiger partial charge is 0.467 e. The number of anilines is 1. The van der Waals surface area contributed by atoms with Crippen LogP contribution in [-0.2, 0) is 19.1 Å². The molecule has 3 aliphatic rings. The summed E-state index contributed by atoms with van der Waals surface area (Å²) in [7, 11) is 1.29. The third-order valence-electron chi connectivity index (χ3n) is 6.00. The van der Waals surface area contributed by atoms with Crippen molar-refractivity contribution in [2.24, 2.45) is 11.8 Å². The Kier molecular flexibility index (Phi) is 3.99. The second-order valence-electron chi connectivity index (χ2n) is 7.32. The van der Waals surface area contributed by atoms with Crippen LogP contribution in [0.25, 0.3) is 6.08 Å². The smallest absolute Gasteiger partial charge is 0.329 e. The van der Waals surface area contributed by atoms with Crippen molar-refractivity contribution in [2.75, 3.05) is 12.0 Å². The minimum Gasteiger partial charge on any atom is -0.467 e. The van der Waals surface area contributed by atoms with E-state index in [1.54, 1.807) is 35.4 Å². The molecule has 2 fully saturated rings. The highest BCUT2D eigenvalue weighted by Gasteiger charge is 2.65. The topological polar surface area (TPSA) is 66.9 Å². The first kappa shape index (κ1) is 17.9. The molecule has 3 heterocycles. The average molecular weight is 409 g/mol. The van der Waals surface area contributed by atoms with E-state index in [2.05, 4.69) is 0 Å². The lowest BCUT2D eigenvalue weighted by Gasteiger charge is -2.34. The molecule has 2 aromatic rings. The van der Waals surface area contributed by atoms with E-state index >= 15 is 0 Å². The molecule has 6 nitrogen and oxygen atoms in total. The predicted molar refractivity (Wildman–Crippen MR) is 107 cm³/mol. The van der Waals surface area contributed by atoms with Crippen LogP contribution in [-0.4, -0.2) is 35.8 Å². The molecule has 0 aliphatic carbocycles. The molecule has 2 saturated heterocycles. The average Bonchev–Trinajstić information content (AvgIpc) is 3.21. The molecule has 5 rings (SSSR count). The van der Waals surface area contributed by atoms with Crippen LogP contribution in [0.3, 0.4) is 0 Å². The van der Waals surface area contributed by atoms with Gasteiger partial charge >= 0.3 is 5.97 Å². The molecular weight excluding hydrogens is 392 g/mol. The zero-order valence-corrected chi connectivity index (χ0v) is 16.2. The van der Waals surface area contributed by atoms with Crippen molar-refractivity contribution in [2.45, 2.75) is 12.1 Å².